The van der Waals surface area contributed by atoms with E-state index in [1.54, 1.807) is 57.7 Å². The number of hydrogen-bond donors (Lipinski definition) is 1. The molecule has 27 heavy (non-hydrogen) atoms. The minimum absolute atomic E-state index is 0.207. The molecule has 2 rings (SSSR count). The third-order valence-electron chi connectivity index (χ3n) is 3.95. The van der Waals surface area contributed by atoms with Gasteiger partial charge in [-0.1, -0.05) is 18.5 Å². The van der Waals surface area contributed by atoms with Crippen molar-refractivity contribution in [2.45, 2.75) is 26.0 Å². The van der Waals surface area contributed by atoms with Crippen molar-refractivity contribution in [3.63, 3.8) is 0 Å². The van der Waals surface area contributed by atoms with Crippen LogP contribution in [-0.4, -0.2) is 33.3 Å². The van der Waals surface area contributed by atoms with Crippen LogP contribution in [0.1, 0.15) is 18.9 Å². The Morgan fingerprint density at radius 3 is 2.11 bits per heavy atom. The Kier molecular flexibility index (Phi) is 7.61. The SMILES string of the molecule is CC[C@@H](Oc1ccc(Cl)cc1)C(=O)NCc1cc(OC)c(OC)c(OC)c1. The molecule has 0 bridgehead atoms. The van der Waals surface area contributed by atoms with Crippen LogP contribution < -0.4 is 24.3 Å². The Bertz CT molecular complexity index is 738. The van der Waals surface area contributed by atoms with Crippen molar-refractivity contribution in [1.82, 2.24) is 5.32 Å². The van der Waals surface area contributed by atoms with Crippen LogP contribution in [0.2, 0.25) is 5.02 Å². The van der Waals surface area contributed by atoms with Crippen LogP contribution >= 0.6 is 11.6 Å². The Labute approximate surface area is 164 Å². The lowest BCUT2D eigenvalue weighted by Gasteiger charge is -2.18. The fourth-order valence-corrected chi connectivity index (χ4v) is 2.67. The molecular formula is C20H24ClNO5. The Morgan fingerprint density at radius 2 is 1.63 bits per heavy atom. The van der Waals surface area contributed by atoms with Crippen LogP contribution in [0.5, 0.6) is 23.0 Å². The van der Waals surface area contributed by atoms with Crippen molar-refractivity contribution in [2.75, 3.05) is 21.3 Å². The molecule has 7 heteroatoms. The van der Waals surface area contributed by atoms with E-state index in [1.165, 1.54) is 0 Å². The lowest BCUT2D eigenvalue weighted by Crippen LogP contribution is -2.37. The first kappa shape index (κ1) is 20.7. The monoisotopic (exact) mass is 393 g/mol. The van der Waals surface area contributed by atoms with Gasteiger partial charge < -0.3 is 24.3 Å². The van der Waals surface area contributed by atoms with E-state index in [-0.39, 0.29) is 5.91 Å². The predicted octanol–water partition coefficient (Wildman–Crippen LogP) is 3.84. The van der Waals surface area contributed by atoms with E-state index >= 15 is 0 Å². The first-order valence-electron chi connectivity index (χ1n) is 8.51. The molecule has 1 N–H and O–H groups in total. The van der Waals surface area contributed by atoms with Crippen molar-refractivity contribution >= 4 is 17.5 Å². The van der Waals surface area contributed by atoms with E-state index < -0.39 is 6.10 Å². The van der Waals surface area contributed by atoms with Gasteiger partial charge in [-0.05, 0) is 48.4 Å². The van der Waals surface area contributed by atoms with Crippen LogP contribution in [0.4, 0.5) is 0 Å². The average molecular weight is 394 g/mol. The maximum Gasteiger partial charge on any atom is 0.261 e. The van der Waals surface area contributed by atoms with Crippen molar-refractivity contribution in [3.05, 3.63) is 47.0 Å². The summed E-state index contributed by atoms with van der Waals surface area (Å²) in [6.45, 7) is 2.19. The van der Waals surface area contributed by atoms with Gasteiger partial charge in [-0.2, -0.15) is 0 Å². The number of methoxy groups -OCH3 is 3. The van der Waals surface area contributed by atoms with E-state index in [2.05, 4.69) is 5.32 Å². The number of carbonyl (C=O) groups excluding carboxylic acids is 1. The quantitative estimate of drug-likeness (QED) is 0.701. The molecule has 0 spiro atoms. The van der Waals surface area contributed by atoms with Crippen LogP contribution in [0.3, 0.4) is 0 Å². The zero-order valence-electron chi connectivity index (χ0n) is 15.9. The molecule has 0 unspecified atom stereocenters. The van der Waals surface area contributed by atoms with Gasteiger partial charge in [0.25, 0.3) is 5.91 Å². The minimum Gasteiger partial charge on any atom is -0.493 e. The van der Waals surface area contributed by atoms with Gasteiger partial charge in [0.15, 0.2) is 17.6 Å². The van der Waals surface area contributed by atoms with Gasteiger partial charge in [0.2, 0.25) is 5.75 Å². The summed E-state index contributed by atoms with van der Waals surface area (Å²) in [4.78, 5) is 12.5. The summed E-state index contributed by atoms with van der Waals surface area (Å²) < 4.78 is 21.7. The molecule has 0 aliphatic carbocycles. The summed E-state index contributed by atoms with van der Waals surface area (Å²) >= 11 is 5.87. The smallest absolute Gasteiger partial charge is 0.261 e. The van der Waals surface area contributed by atoms with Crippen LogP contribution in [0.15, 0.2) is 36.4 Å². The molecular weight excluding hydrogens is 370 g/mol. The number of ether oxygens (including phenoxy) is 4. The predicted molar refractivity (Wildman–Crippen MR) is 104 cm³/mol. The molecule has 0 saturated carbocycles. The molecule has 146 valence electrons. The second-order valence-electron chi connectivity index (χ2n) is 5.72. The molecule has 0 aliphatic heterocycles. The first-order chi connectivity index (χ1) is 13.0. The zero-order chi connectivity index (χ0) is 19.8. The molecule has 2 aromatic carbocycles. The lowest BCUT2D eigenvalue weighted by molar-refractivity contribution is -0.128. The van der Waals surface area contributed by atoms with Gasteiger partial charge in [-0.15, -0.1) is 0 Å². The molecule has 0 aliphatic rings. The number of amides is 1. The second kappa shape index (κ2) is 9.92. The van der Waals surface area contributed by atoms with Gasteiger partial charge >= 0.3 is 0 Å². The molecule has 6 nitrogen and oxygen atoms in total. The van der Waals surface area contributed by atoms with Crippen LogP contribution in [-0.2, 0) is 11.3 Å². The Hall–Kier alpha value is -2.60. The third-order valence-corrected chi connectivity index (χ3v) is 4.20. The number of benzene rings is 2. The van der Waals surface area contributed by atoms with Gasteiger partial charge in [0, 0.05) is 11.6 Å². The summed E-state index contributed by atoms with van der Waals surface area (Å²) in [7, 11) is 4.64. The maximum atomic E-state index is 12.5. The number of nitrogens with one attached hydrogen (secondary N) is 1. The fourth-order valence-electron chi connectivity index (χ4n) is 2.54. The number of hydrogen-bond acceptors (Lipinski definition) is 5. The van der Waals surface area contributed by atoms with Crippen molar-refractivity contribution < 1.29 is 23.7 Å². The Balaban J connectivity index is 2.05. The maximum absolute atomic E-state index is 12.5. The van der Waals surface area contributed by atoms with Gasteiger partial charge in [0.05, 0.1) is 21.3 Å². The highest BCUT2D eigenvalue weighted by molar-refractivity contribution is 6.30. The molecule has 0 heterocycles. The van der Waals surface area contributed by atoms with E-state index in [0.717, 1.165) is 5.56 Å². The molecule has 1 atom stereocenters. The average Bonchev–Trinajstić information content (AvgIpc) is 2.70. The minimum atomic E-state index is -0.604. The van der Waals surface area contributed by atoms with Crippen molar-refractivity contribution in [2.24, 2.45) is 0 Å². The van der Waals surface area contributed by atoms with E-state index in [0.29, 0.717) is 41.0 Å². The summed E-state index contributed by atoms with van der Waals surface area (Å²) in [5.74, 6) is 1.96. The summed E-state index contributed by atoms with van der Waals surface area (Å²) in [5, 5.41) is 3.49. The second-order valence-corrected chi connectivity index (χ2v) is 6.16. The van der Waals surface area contributed by atoms with Crippen LogP contribution in [0, 0.1) is 0 Å². The highest BCUT2D eigenvalue weighted by atomic mass is 35.5. The number of carbonyl (C=O) groups is 1. The summed E-state index contributed by atoms with van der Waals surface area (Å²) in [6.07, 6.45) is -0.0720. The van der Waals surface area contributed by atoms with Crippen LogP contribution in [0.25, 0.3) is 0 Å². The number of rotatable bonds is 9. The zero-order valence-corrected chi connectivity index (χ0v) is 16.6. The molecule has 0 aromatic heterocycles. The third kappa shape index (κ3) is 5.44. The fraction of sp³-hybridized carbons (Fsp3) is 0.350. The molecule has 0 fully saturated rings. The highest BCUT2D eigenvalue weighted by Gasteiger charge is 2.19. The topological polar surface area (TPSA) is 66.0 Å². The van der Waals surface area contributed by atoms with Gasteiger partial charge in [-0.3, -0.25) is 4.79 Å². The van der Waals surface area contributed by atoms with E-state index in [9.17, 15) is 4.79 Å². The molecule has 0 saturated heterocycles. The molecule has 2 aromatic rings. The first-order valence-corrected chi connectivity index (χ1v) is 8.89. The normalized spacial score (nSPS) is 11.4. The highest BCUT2D eigenvalue weighted by Crippen LogP contribution is 2.38. The van der Waals surface area contributed by atoms with Gasteiger partial charge in [-0.25, -0.2) is 0 Å². The Morgan fingerprint density at radius 1 is 1.04 bits per heavy atom. The van der Waals surface area contributed by atoms with Crippen molar-refractivity contribution in [1.29, 1.82) is 0 Å². The molecule has 0 radical (unpaired) electrons. The van der Waals surface area contributed by atoms with Gasteiger partial charge in [0.1, 0.15) is 5.75 Å². The van der Waals surface area contributed by atoms with E-state index in [4.69, 9.17) is 30.5 Å². The number of halogens is 1. The lowest BCUT2D eigenvalue weighted by atomic mass is 10.1. The molecule has 1 amide bonds. The summed E-state index contributed by atoms with van der Waals surface area (Å²) in [5.41, 5.74) is 0.819. The summed E-state index contributed by atoms with van der Waals surface area (Å²) in [6, 6.07) is 10.5. The van der Waals surface area contributed by atoms with E-state index in [1.807, 2.05) is 6.92 Å². The van der Waals surface area contributed by atoms with Crippen molar-refractivity contribution in [3.8, 4) is 23.0 Å². The largest absolute Gasteiger partial charge is 0.493 e. The standard InChI is InChI=1S/C20H24ClNO5/c1-5-16(27-15-8-6-14(21)7-9-15)20(23)22-12-13-10-17(24-2)19(26-4)18(11-13)25-3/h6-11,16H,5,12H2,1-4H3,(H,22,23)/t16-/m1/s1.